The predicted molar refractivity (Wildman–Crippen MR) is 187 cm³/mol. The molecule has 3 aliphatic rings. The summed E-state index contributed by atoms with van der Waals surface area (Å²) in [6, 6.07) is 8.48. The van der Waals surface area contributed by atoms with E-state index in [0.29, 0.717) is 39.9 Å². The number of carboxylic acids is 1. The van der Waals surface area contributed by atoms with Crippen molar-refractivity contribution in [2.75, 3.05) is 13.7 Å². The Morgan fingerprint density at radius 2 is 1.88 bits per heavy atom. The van der Waals surface area contributed by atoms with Crippen molar-refractivity contribution in [3.05, 3.63) is 70.4 Å². The first-order valence-electron chi connectivity index (χ1n) is 16.7. The number of carbonyl (C=O) groups excluding carboxylic acids is 3. The number of aromatic nitrogens is 4. The Labute approximate surface area is 296 Å². The summed E-state index contributed by atoms with van der Waals surface area (Å²) in [6.45, 7) is 0.0831. The maximum Gasteiger partial charge on any atom is 0.330 e. The van der Waals surface area contributed by atoms with Crippen LogP contribution >= 0.6 is 22.7 Å². The maximum atomic E-state index is 14.5. The average molecular weight is 716 g/mol. The summed E-state index contributed by atoms with van der Waals surface area (Å²) < 4.78 is 5.34. The van der Waals surface area contributed by atoms with Gasteiger partial charge in [0.05, 0.1) is 18.0 Å². The van der Waals surface area contributed by atoms with Crippen molar-refractivity contribution >= 4 is 46.4 Å². The largest absolute Gasteiger partial charge is 0.497 e. The SMILES string of the molecule is COc1ccc(-c2nn([C@@H]3C[C@H]4C(=O)N[C@]5(C(=O)O)C[C@H]5C=CCCCCC[C@H](NC(=O)c5cccs5)C(=O)N4C3)nc2-c2nccs2)cc1. The van der Waals surface area contributed by atoms with E-state index in [0.717, 1.165) is 24.8 Å². The third-order valence-electron chi connectivity index (χ3n) is 9.64. The molecule has 50 heavy (non-hydrogen) atoms. The third kappa shape index (κ3) is 6.66. The van der Waals surface area contributed by atoms with Crippen LogP contribution in [0.2, 0.25) is 0 Å². The zero-order chi connectivity index (χ0) is 34.8. The number of thiophene rings is 1. The number of nitrogens with zero attached hydrogens (tertiary/aromatic N) is 5. The zero-order valence-corrected chi connectivity index (χ0v) is 29.0. The number of allylic oxidation sites excluding steroid dienone is 1. The lowest BCUT2D eigenvalue weighted by molar-refractivity contribution is -0.145. The van der Waals surface area contributed by atoms with Crippen molar-refractivity contribution in [3.8, 4) is 27.7 Å². The van der Waals surface area contributed by atoms with Crippen molar-refractivity contribution in [2.24, 2.45) is 5.92 Å². The number of hydrogen-bond acceptors (Lipinski definition) is 10. The predicted octanol–water partition coefficient (Wildman–Crippen LogP) is 4.56. The fraction of sp³-hybridized carbons (Fsp3) is 0.400. The van der Waals surface area contributed by atoms with Gasteiger partial charge < -0.3 is 25.4 Å². The van der Waals surface area contributed by atoms with Crippen LogP contribution in [0.4, 0.5) is 0 Å². The summed E-state index contributed by atoms with van der Waals surface area (Å²) in [5, 5.41) is 30.0. The van der Waals surface area contributed by atoms with Crippen LogP contribution in [0.1, 0.15) is 60.7 Å². The van der Waals surface area contributed by atoms with E-state index < -0.39 is 41.4 Å². The van der Waals surface area contributed by atoms with Gasteiger partial charge in [0.2, 0.25) is 11.8 Å². The molecule has 1 aliphatic carbocycles. The molecule has 3 N–H and O–H groups in total. The summed E-state index contributed by atoms with van der Waals surface area (Å²) in [4.78, 5) is 62.3. The van der Waals surface area contributed by atoms with Gasteiger partial charge in [-0.05, 0) is 61.4 Å². The quantitative estimate of drug-likeness (QED) is 0.232. The van der Waals surface area contributed by atoms with Gasteiger partial charge in [0.1, 0.15) is 39.8 Å². The molecule has 0 unspecified atom stereocenters. The number of methoxy groups -OCH3 is 1. The van der Waals surface area contributed by atoms with Crippen LogP contribution in [-0.2, 0) is 14.4 Å². The fourth-order valence-electron chi connectivity index (χ4n) is 6.80. The number of rotatable bonds is 7. The molecule has 15 heteroatoms. The van der Waals surface area contributed by atoms with E-state index >= 15 is 0 Å². The molecule has 5 heterocycles. The molecular weight excluding hydrogens is 679 g/mol. The third-order valence-corrected chi connectivity index (χ3v) is 11.3. The molecular formula is C35H37N7O6S2. The molecule has 2 aliphatic heterocycles. The molecule has 4 aromatic rings. The Kier molecular flexibility index (Phi) is 9.51. The van der Waals surface area contributed by atoms with Gasteiger partial charge in [-0.25, -0.2) is 9.78 Å². The Balaban J connectivity index is 1.24. The summed E-state index contributed by atoms with van der Waals surface area (Å²) in [5.74, 6) is -2.06. The van der Waals surface area contributed by atoms with Gasteiger partial charge in [0, 0.05) is 36.0 Å². The van der Waals surface area contributed by atoms with Crippen LogP contribution in [0, 0.1) is 5.92 Å². The number of aliphatic carboxylic acids is 1. The number of hydrogen-bond donors (Lipinski definition) is 3. The lowest BCUT2D eigenvalue weighted by Crippen LogP contribution is -2.56. The molecule has 0 spiro atoms. The highest BCUT2D eigenvalue weighted by atomic mass is 32.1. The lowest BCUT2D eigenvalue weighted by Gasteiger charge is -2.29. The van der Waals surface area contributed by atoms with E-state index in [4.69, 9.17) is 14.9 Å². The first-order valence-corrected chi connectivity index (χ1v) is 18.4. The van der Waals surface area contributed by atoms with Crippen molar-refractivity contribution in [1.29, 1.82) is 0 Å². The molecule has 3 amide bonds. The van der Waals surface area contributed by atoms with Crippen molar-refractivity contribution in [1.82, 2.24) is 35.5 Å². The van der Waals surface area contributed by atoms with Gasteiger partial charge >= 0.3 is 5.97 Å². The van der Waals surface area contributed by atoms with Crippen molar-refractivity contribution < 1.29 is 29.0 Å². The standard InChI is InChI=1S/C35H37N7O6S2/c1-48-24-13-11-21(12-14-24)28-29(32-36-15-17-50-32)40-42(39-28)23-18-26-30(43)38-35(34(46)47)19-22(35)8-5-3-2-4-6-9-25(33(45)41(26)20-23)37-31(44)27-10-7-16-49-27/h5,7-8,10-17,22-23,25-26H,2-4,6,9,18-20H2,1H3,(H,37,44)(H,38,43)(H,46,47)/t22-,23-,25+,26+,35-/m1/s1. The summed E-state index contributed by atoms with van der Waals surface area (Å²) >= 11 is 2.70. The van der Waals surface area contributed by atoms with E-state index in [1.165, 1.54) is 32.4 Å². The number of benzene rings is 1. The van der Waals surface area contributed by atoms with E-state index in [2.05, 4.69) is 15.6 Å². The molecule has 0 bridgehead atoms. The number of amides is 3. The number of nitrogens with one attached hydrogen (secondary N) is 2. The minimum absolute atomic E-state index is 0.0831. The van der Waals surface area contributed by atoms with E-state index in [1.807, 2.05) is 41.8 Å². The number of thiazole rings is 1. The Morgan fingerprint density at radius 1 is 1.06 bits per heavy atom. The van der Waals surface area contributed by atoms with Crippen LogP contribution in [0.3, 0.4) is 0 Å². The zero-order valence-electron chi connectivity index (χ0n) is 27.4. The monoisotopic (exact) mass is 715 g/mol. The summed E-state index contributed by atoms with van der Waals surface area (Å²) in [5.41, 5.74) is 0.499. The van der Waals surface area contributed by atoms with Gasteiger partial charge in [0.15, 0.2) is 0 Å². The second-order valence-corrected chi connectivity index (χ2v) is 14.7. The number of ether oxygens (including phenoxy) is 1. The minimum atomic E-state index is -1.43. The molecule has 7 rings (SSSR count). The van der Waals surface area contributed by atoms with E-state index in [9.17, 15) is 24.3 Å². The summed E-state index contributed by atoms with van der Waals surface area (Å²) in [6.07, 6.45) is 9.49. The molecule has 0 radical (unpaired) electrons. The molecule has 13 nitrogen and oxygen atoms in total. The molecule has 3 aromatic heterocycles. The molecule has 2 fully saturated rings. The van der Waals surface area contributed by atoms with Gasteiger partial charge in [-0.15, -0.1) is 27.8 Å². The van der Waals surface area contributed by atoms with Crippen LogP contribution in [-0.4, -0.2) is 85.0 Å². The number of carbonyl (C=O) groups is 4. The minimum Gasteiger partial charge on any atom is -0.497 e. The highest BCUT2D eigenvalue weighted by molar-refractivity contribution is 7.13. The average Bonchev–Trinajstić information content (AvgIpc) is 3.77. The fourth-order valence-corrected chi connectivity index (χ4v) is 8.04. The smallest absolute Gasteiger partial charge is 0.330 e. The van der Waals surface area contributed by atoms with Crippen molar-refractivity contribution in [2.45, 2.75) is 68.6 Å². The molecule has 1 aromatic carbocycles. The van der Waals surface area contributed by atoms with Crippen LogP contribution in [0.15, 0.2) is 65.5 Å². The van der Waals surface area contributed by atoms with Crippen molar-refractivity contribution in [3.63, 3.8) is 0 Å². The molecule has 260 valence electrons. The highest BCUT2D eigenvalue weighted by Gasteiger charge is 2.61. The lowest BCUT2D eigenvalue weighted by atomic mass is 10.0. The van der Waals surface area contributed by atoms with E-state index in [1.54, 1.807) is 30.8 Å². The molecule has 5 atom stereocenters. The topological polar surface area (TPSA) is 169 Å². The Bertz CT molecular complexity index is 1890. The normalized spacial score (nSPS) is 25.5. The number of carboxylic acid groups (broad SMARTS) is 1. The summed E-state index contributed by atoms with van der Waals surface area (Å²) in [7, 11) is 1.59. The van der Waals surface area contributed by atoms with Crippen LogP contribution < -0.4 is 15.4 Å². The first-order chi connectivity index (χ1) is 24.3. The van der Waals surface area contributed by atoms with Crippen LogP contribution in [0.5, 0.6) is 5.75 Å². The number of fused-ring (bicyclic) bond motifs is 2. The Morgan fingerprint density at radius 3 is 2.60 bits per heavy atom. The second-order valence-electron chi connectivity index (χ2n) is 12.8. The van der Waals surface area contributed by atoms with Gasteiger partial charge in [-0.2, -0.15) is 9.90 Å². The van der Waals surface area contributed by atoms with E-state index in [-0.39, 0.29) is 31.2 Å². The van der Waals surface area contributed by atoms with Gasteiger partial charge in [-0.1, -0.05) is 31.1 Å². The highest BCUT2D eigenvalue weighted by Crippen LogP contribution is 2.46. The van der Waals surface area contributed by atoms with Gasteiger partial charge in [0.25, 0.3) is 5.91 Å². The first kappa shape index (κ1) is 33.6. The maximum absolute atomic E-state index is 14.5. The second kappa shape index (κ2) is 14.2. The van der Waals surface area contributed by atoms with Crippen LogP contribution in [0.25, 0.3) is 22.0 Å². The molecule has 1 saturated carbocycles. The molecule has 1 saturated heterocycles. The Hall–Kier alpha value is -4.89. The van der Waals surface area contributed by atoms with Gasteiger partial charge in [-0.3, -0.25) is 14.4 Å².